The minimum atomic E-state index is -3.73. The third kappa shape index (κ3) is 3.31. The van der Waals surface area contributed by atoms with E-state index in [4.69, 9.17) is 16.7 Å². The van der Waals surface area contributed by atoms with Crippen molar-refractivity contribution >= 4 is 32.8 Å². The van der Waals surface area contributed by atoms with E-state index in [9.17, 15) is 8.42 Å². The fraction of sp³-hybridized carbons (Fsp3) is 0.350. The summed E-state index contributed by atoms with van der Waals surface area (Å²) in [6.45, 7) is 0. The maximum absolute atomic E-state index is 11.5. The molecule has 0 aliphatic heterocycles. The van der Waals surface area contributed by atoms with Crippen molar-refractivity contribution in [2.45, 2.75) is 43.4 Å². The fourth-order valence-corrected chi connectivity index (χ4v) is 4.99. The van der Waals surface area contributed by atoms with Crippen LogP contribution >= 0.6 is 11.6 Å². The Morgan fingerprint density at radius 1 is 0.962 bits per heavy atom. The van der Waals surface area contributed by atoms with E-state index in [1.807, 2.05) is 12.1 Å². The Hall–Kier alpha value is -1.69. The summed E-state index contributed by atoms with van der Waals surface area (Å²) < 4.78 is 23.0. The molecule has 1 aromatic heterocycles. The van der Waals surface area contributed by atoms with Crippen LogP contribution < -0.4 is 5.14 Å². The molecule has 1 heterocycles. The summed E-state index contributed by atoms with van der Waals surface area (Å²) in [5, 5.41) is 5.92. The van der Waals surface area contributed by atoms with Crippen LogP contribution in [0.2, 0.25) is 5.02 Å². The molecular formula is C20H21ClN2O2S. The average molecular weight is 389 g/mol. The number of hydrogen-bond donors (Lipinski definition) is 1. The van der Waals surface area contributed by atoms with Crippen LogP contribution in [0.25, 0.3) is 11.1 Å². The third-order valence-electron chi connectivity index (χ3n) is 5.70. The third-order valence-corrected chi connectivity index (χ3v) is 6.85. The number of rotatable bonds is 3. The van der Waals surface area contributed by atoms with Crippen molar-refractivity contribution in [3.63, 3.8) is 0 Å². The van der Waals surface area contributed by atoms with E-state index in [0.717, 1.165) is 23.6 Å². The number of primary sulfonamides is 1. The van der Waals surface area contributed by atoms with Crippen LogP contribution in [0.3, 0.4) is 0 Å². The maximum atomic E-state index is 11.5. The highest BCUT2D eigenvalue weighted by Crippen LogP contribution is 2.57. The number of benzene rings is 1. The SMILES string of the molecule is NS(=O)(=O)c1ccc(C2=C(c3ccc(Cl)cc3)CC3(CCCC3)C2)nc1. The molecule has 2 aliphatic rings. The van der Waals surface area contributed by atoms with Crippen molar-refractivity contribution in [1.29, 1.82) is 0 Å². The topological polar surface area (TPSA) is 73.1 Å². The zero-order valence-corrected chi connectivity index (χ0v) is 16.0. The van der Waals surface area contributed by atoms with Crippen molar-refractivity contribution < 1.29 is 8.42 Å². The Morgan fingerprint density at radius 2 is 1.62 bits per heavy atom. The van der Waals surface area contributed by atoms with Gasteiger partial charge in [0, 0.05) is 11.2 Å². The molecule has 136 valence electrons. The van der Waals surface area contributed by atoms with Crippen LogP contribution in [-0.4, -0.2) is 13.4 Å². The Kier molecular flexibility index (Phi) is 4.41. The molecule has 2 aromatic rings. The van der Waals surface area contributed by atoms with Crippen LogP contribution in [0, 0.1) is 5.41 Å². The number of aromatic nitrogens is 1. The Balaban J connectivity index is 1.78. The smallest absolute Gasteiger partial charge is 0.239 e. The van der Waals surface area contributed by atoms with E-state index in [-0.39, 0.29) is 4.90 Å². The van der Waals surface area contributed by atoms with E-state index in [1.54, 1.807) is 12.1 Å². The van der Waals surface area contributed by atoms with E-state index < -0.39 is 10.0 Å². The van der Waals surface area contributed by atoms with E-state index in [1.165, 1.54) is 48.6 Å². The molecule has 0 amide bonds. The van der Waals surface area contributed by atoms with E-state index >= 15 is 0 Å². The zero-order valence-electron chi connectivity index (χ0n) is 14.4. The maximum Gasteiger partial charge on any atom is 0.239 e. The summed E-state index contributed by atoms with van der Waals surface area (Å²) in [6, 6.07) is 11.3. The van der Waals surface area contributed by atoms with Gasteiger partial charge >= 0.3 is 0 Å². The van der Waals surface area contributed by atoms with Gasteiger partial charge in [0.25, 0.3) is 0 Å². The molecular weight excluding hydrogens is 368 g/mol. The predicted molar refractivity (Wildman–Crippen MR) is 104 cm³/mol. The van der Waals surface area contributed by atoms with Crippen LogP contribution in [0.4, 0.5) is 0 Å². The molecule has 6 heteroatoms. The minimum absolute atomic E-state index is 0.0449. The zero-order chi connectivity index (χ0) is 18.4. The van der Waals surface area contributed by atoms with E-state index in [0.29, 0.717) is 5.41 Å². The average Bonchev–Trinajstić information content (AvgIpc) is 3.22. The van der Waals surface area contributed by atoms with Gasteiger partial charge in [-0.3, -0.25) is 4.98 Å². The molecule has 26 heavy (non-hydrogen) atoms. The van der Waals surface area contributed by atoms with Crippen LogP contribution in [0.5, 0.6) is 0 Å². The number of halogens is 1. The van der Waals surface area contributed by atoms with Gasteiger partial charge in [0.1, 0.15) is 4.90 Å². The summed E-state index contributed by atoms with van der Waals surface area (Å²) in [5.41, 5.74) is 4.86. The first-order valence-corrected chi connectivity index (χ1v) is 10.8. The molecule has 1 spiro atoms. The second kappa shape index (κ2) is 6.48. The number of nitrogens with two attached hydrogens (primary N) is 1. The Bertz CT molecular complexity index is 958. The molecule has 1 saturated carbocycles. The molecule has 1 fully saturated rings. The van der Waals surface area contributed by atoms with E-state index in [2.05, 4.69) is 17.1 Å². The lowest BCUT2D eigenvalue weighted by Gasteiger charge is -2.23. The van der Waals surface area contributed by atoms with Crippen molar-refractivity contribution in [2.24, 2.45) is 10.6 Å². The van der Waals surface area contributed by atoms with Crippen LogP contribution in [0.15, 0.2) is 47.5 Å². The highest BCUT2D eigenvalue weighted by atomic mass is 35.5. The van der Waals surface area contributed by atoms with Crippen molar-refractivity contribution in [1.82, 2.24) is 4.98 Å². The molecule has 2 N–H and O–H groups in total. The minimum Gasteiger partial charge on any atom is -0.255 e. The summed E-state index contributed by atoms with van der Waals surface area (Å²) in [4.78, 5) is 4.48. The molecule has 0 bridgehead atoms. The standard InChI is InChI=1S/C20H21ClN2O2S/c21-15-5-3-14(4-6-15)17-11-20(9-1-2-10-20)12-18(17)19-8-7-16(13-23-19)26(22,24)25/h3-8,13H,1-2,9-12H2,(H2,22,24,25). The molecule has 0 saturated heterocycles. The van der Waals surface area contributed by atoms with Gasteiger partial charge in [0.05, 0.1) is 5.69 Å². The first kappa shape index (κ1) is 17.7. The van der Waals surface area contributed by atoms with Gasteiger partial charge in [-0.05, 0) is 72.1 Å². The van der Waals surface area contributed by atoms with Gasteiger partial charge in [-0.2, -0.15) is 0 Å². The summed E-state index contributed by atoms with van der Waals surface area (Å²) in [5.74, 6) is 0. The van der Waals surface area contributed by atoms with Gasteiger partial charge in [0.2, 0.25) is 10.0 Å². The first-order valence-electron chi connectivity index (χ1n) is 8.84. The Labute approximate surface area is 159 Å². The van der Waals surface area contributed by atoms with Crippen LogP contribution in [0.1, 0.15) is 49.8 Å². The number of allylic oxidation sites excluding steroid dienone is 2. The second-order valence-corrected chi connectivity index (χ2v) is 9.45. The van der Waals surface area contributed by atoms with Crippen LogP contribution in [-0.2, 0) is 10.0 Å². The number of hydrogen-bond acceptors (Lipinski definition) is 3. The molecule has 2 aliphatic carbocycles. The highest BCUT2D eigenvalue weighted by molar-refractivity contribution is 7.89. The molecule has 4 rings (SSSR count). The van der Waals surface area contributed by atoms with Crippen molar-refractivity contribution in [3.05, 3.63) is 58.9 Å². The molecule has 4 nitrogen and oxygen atoms in total. The lowest BCUT2D eigenvalue weighted by molar-refractivity contribution is 0.329. The summed E-state index contributed by atoms with van der Waals surface area (Å²) in [6.07, 6.45) is 8.43. The largest absolute Gasteiger partial charge is 0.255 e. The Morgan fingerprint density at radius 3 is 2.19 bits per heavy atom. The molecule has 0 radical (unpaired) electrons. The van der Waals surface area contributed by atoms with Gasteiger partial charge in [-0.25, -0.2) is 13.6 Å². The number of nitrogens with zero attached hydrogens (tertiary/aromatic N) is 1. The van der Waals surface area contributed by atoms with Gasteiger partial charge in [0.15, 0.2) is 0 Å². The summed E-state index contributed by atoms with van der Waals surface area (Å²) in [7, 11) is -3.73. The lowest BCUT2D eigenvalue weighted by atomic mass is 9.81. The highest BCUT2D eigenvalue weighted by Gasteiger charge is 2.41. The van der Waals surface area contributed by atoms with Gasteiger partial charge < -0.3 is 0 Å². The summed E-state index contributed by atoms with van der Waals surface area (Å²) >= 11 is 6.06. The first-order chi connectivity index (χ1) is 12.4. The van der Waals surface area contributed by atoms with Gasteiger partial charge in [-0.1, -0.05) is 36.6 Å². The quantitative estimate of drug-likeness (QED) is 0.831. The predicted octanol–water partition coefficient (Wildman–Crippen LogP) is 4.65. The second-order valence-electron chi connectivity index (χ2n) is 7.45. The number of pyridine rings is 1. The molecule has 0 unspecified atom stereocenters. The lowest BCUT2D eigenvalue weighted by Crippen LogP contribution is -2.13. The molecule has 0 atom stereocenters. The number of sulfonamides is 1. The molecule has 1 aromatic carbocycles. The van der Waals surface area contributed by atoms with Crippen molar-refractivity contribution in [3.8, 4) is 0 Å². The fourth-order valence-electron chi connectivity index (χ4n) is 4.40. The van der Waals surface area contributed by atoms with Crippen molar-refractivity contribution in [2.75, 3.05) is 0 Å². The van der Waals surface area contributed by atoms with Gasteiger partial charge in [-0.15, -0.1) is 0 Å². The monoisotopic (exact) mass is 388 g/mol. The normalized spacial score (nSPS) is 19.5.